The molecule has 0 amide bonds. The summed E-state index contributed by atoms with van der Waals surface area (Å²) < 4.78 is 23.1. The summed E-state index contributed by atoms with van der Waals surface area (Å²) in [6.45, 7) is 0. The minimum Gasteiger partial charge on any atom is -0.481 e. The van der Waals surface area contributed by atoms with Crippen LogP contribution in [0, 0.1) is 0 Å². The van der Waals surface area contributed by atoms with Crippen molar-refractivity contribution in [2.24, 2.45) is 9.98 Å². The van der Waals surface area contributed by atoms with Crippen molar-refractivity contribution in [2.75, 3.05) is 14.2 Å². The molecule has 0 radical (unpaired) electrons. The van der Waals surface area contributed by atoms with Crippen molar-refractivity contribution in [1.82, 2.24) is 0 Å². The highest BCUT2D eigenvalue weighted by Crippen LogP contribution is 2.30. The Kier molecular flexibility index (Phi) is 9.46. The summed E-state index contributed by atoms with van der Waals surface area (Å²) in [5.41, 5.74) is 5.55. The first kappa shape index (κ1) is 29.9. The third-order valence-electron chi connectivity index (χ3n) is 7.08. The highest BCUT2D eigenvalue weighted by atomic mass is 16.5. The summed E-state index contributed by atoms with van der Waals surface area (Å²) in [4.78, 5) is 9.23. The topological polar surface area (TPSA) is 61.6 Å². The third-order valence-corrected chi connectivity index (χ3v) is 7.08. The molecule has 0 saturated heterocycles. The Morgan fingerprint density at radius 1 is 0.370 bits per heavy atom. The molecule has 0 unspecified atom stereocenters. The van der Waals surface area contributed by atoms with Crippen LogP contribution in [0.15, 0.2) is 168 Å². The Balaban J connectivity index is 1.05. The van der Waals surface area contributed by atoms with Crippen molar-refractivity contribution in [3.63, 3.8) is 0 Å². The Hall–Kier alpha value is -6.14. The van der Waals surface area contributed by atoms with Crippen molar-refractivity contribution in [1.29, 1.82) is 0 Å². The molecule has 0 heterocycles. The van der Waals surface area contributed by atoms with Crippen LogP contribution < -0.4 is 9.47 Å². The van der Waals surface area contributed by atoms with Crippen LogP contribution in [-0.4, -0.2) is 26.0 Å². The second-order valence-corrected chi connectivity index (χ2v) is 10.2. The molecule has 46 heavy (non-hydrogen) atoms. The van der Waals surface area contributed by atoms with Gasteiger partial charge in [0.15, 0.2) is 0 Å². The van der Waals surface area contributed by atoms with Gasteiger partial charge in [0.2, 0.25) is 11.8 Å². The number of methoxy groups -OCH3 is 2. The van der Waals surface area contributed by atoms with Gasteiger partial charge < -0.3 is 18.9 Å². The van der Waals surface area contributed by atoms with E-state index >= 15 is 0 Å². The lowest BCUT2D eigenvalue weighted by Gasteiger charge is -2.09. The van der Waals surface area contributed by atoms with Gasteiger partial charge in [0.05, 0.1) is 25.6 Å². The molecule has 6 heteroatoms. The van der Waals surface area contributed by atoms with Crippen LogP contribution in [0.4, 0.5) is 11.4 Å². The van der Waals surface area contributed by atoms with Crippen LogP contribution in [0.1, 0.15) is 11.1 Å². The predicted octanol–water partition coefficient (Wildman–Crippen LogP) is 10.4. The highest BCUT2D eigenvalue weighted by molar-refractivity contribution is 5.96. The van der Waals surface area contributed by atoms with Gasteiger partial charge in [0, 0.05) is 11.1 Å². The lowest BCUT2D eigenvalue weighted by molar-refractivity contribution is 0.405. The molecule has 0 aliphatic carbocycles. The smallest absolute Gasteiger partial charge is 0.220 e. The maximum atomic E-state index is 6.07. The van der Waals surface area contributed by atoms with Crippen molar-refractivity contribution < 1.29 is 18.9 Å². The maximum Gasteiger partial charge on any atom is 0.220 e. The van der Waals surface area contributed by atoms with Crippen LogP contribution in [0.5, 0.6) is 23.0 Å². The second kappa shape index (κ2) is 14.6. The standard InChI is InChI=1S/C40H32N2O4/c1-43-39(31-9-5-3-6-10-31)41-33-17-25-37(26-18-33)45-35-21-13-29(14-22-35)30-15-23-36(24-16-30)46-38-27-19-34(20-28-38)42-40(44-2)32-11-7-4-8-12-32/h3-28H,1-2H3/b41-39-,42-40-. The quantitative estimate of drug-likeness (QED) is 0.122. The number of nitrogens with zero attached hydrogens (tertiary/aromatic N) is 2. The summed E-state index contributed by atoms with van der Waals surface area (Å²) in [6, 6.07) is 50.8. The molecule has 6 rings (SSSR count). The van der Waals surface area contributed by atoms with Gasteiger partial charge in [-0.25, -0.2) is 9.98 Å². The van der Waals surface area contributed by atoms with Gasteiger partial charge in [-0.05, 0) is 108 Å². The van der Waals surface area contributed by atoms with E-state index in [-0.39, 0.29) is 0 Å². The summed E-state index contributed by atoms with van der Waals surface area (Å²) in [5.74, 6) is 4.06. The third kappa shape index (κ3) is 7.68. The van der Waals surface area contributed by atoms with E-state index in [1.54, 1.807) is 14.2 Å². The van der Waals surface area contributed by atoms with Gasteiger partial charge in [-0.2, -0.15) is 0 Å². The van der Waals surface area contributed by atoms with E-state index in [2.05, 4.69) is 9.98 Å². The van der Waals surface area contributed by atoms with Gasteiger partial charge in [-0.1, -0.05) is 60.7 Å². The summed E-state index contributed by atoms with van der Waals surface area (Å²) >= 11 is 0. The molecular weight excluding hydrogens is 572 g/mol. The molecule has 0 aliphatic rings. The number of benzene rings is 6. The number of hydrogen-bond acceptors (Lipinski definition) is 6. The number of hydrogen-bond donors (Lipinski definition) is 0. The molecular formula is C40H32N2O4. The van der Waals surface area contributed by atoms with Crippen LogP contribution in [0.2, 0.25) is 0 Å². The zero-order chi connectivity index (χ0) is 31.6. The van der Waals surface area contributed by atoms with Gasteiger partial charge in [0.25, 0.3) is 0 Å². The predicted molar refractivity (Wildman–Crippen MR) is 184 cm³/mol. The fourth-order valence-corrected chi connectivity index (χ4v) is 4.73. The first-order chi connectivity index (χ1) is 22.7. The summed E-state index contributed by atoms with van der Waals surface area (Å²) in [5, 5.41) is 0. The highest BCUT2D eigenvalue weighted by Gasteiger charge is 2.06. The van der Waals surface area contributed by atoms with Crippen LogP contribution in [-0.2, 0) is 9.47 Å². The van der Waals surface area contributed by atoms with Gasteiger partial charge in [-0.15, -0.1) is 0 Å². The molecule has 0 aromatic heterocycles. The van der Waals surface area contributed by atoms with Crippen LogP contribution >= 0.6 is 0 Å². The van der Waals surface area contributed by atoms with Gasteiger partial charge in [0.1, 0.15) is 23.0 Å². The number of rotatable bonds is 9. The van der Waals surface area contributed by atoms with E-state index < -0.39 is 0 Å². The molecule has 6 aromatic rings. The van der Waals surface area contributed by atoms with Crippen LogP contribution in [0.25, 0.3) is 11.1 Å². The molecule has 0 aliphatic heterocycles. The lowest BCUT2D eigenvalue weighted by Crippen LogP contribution is -2.02. The minimum atomic E-state index is 0.560. The Bertz CT molecular complexity index is 1760. The van der Waals surface area contributed by atoms with Crippen molar-refractivity contribution in [3.8, 4) is 34.1 Å². The first-order valence-corrected chi connectivity index (χ1v) is 14.8. The fraction of sp³-hybridized carbons (Fsp3) is 0.0500. The van der Waals surface area contributed by atoms with Gasteiger partial charge >= 0.3 is 0 Å². The SMILES string of the molecule is CO/C(=N\c1ccc(Oc2ccc(-c3ccc(Oc4ccc(/N=C(\OC)c5ccccc5)cc4)cc3)cc2)cc1)c1ccccc1. The van der Waals surface area contributed by atoms with E-state index in [0.29, 0.717) is 11.8 Å². The van der Waals surface area contributed by atoms with Crippen molar-refractivity contribution >= 4 is 23.2 Å². The van der Waals surface area contributed by atoms with E-state index in [4.69, 9.17) is 18.9 Å². The zero-order valence-corrected chi connectivity index (χ0v) is 25.5. The van der Waals surface area contributed by atoms with E-state index in [1.807, 2.05) is 158 Å². The Labute approximate surface area is 268 Å². The molecule has 6 nitrogen and oxygen atoms in total. The summed E-state index contributed by atoms with van der Waals surface area (Å²) in [6.07, 6.45) is 0. The minimum absolute atomic E-state index is 0.560. The Morgan fingerprint density at radius 3 is 0.978 bits per heavy atom. The lowest BCUT2D eigenvalue weighted by atomic mass is 10.1. The van der Waals surface area contributed by atoms with E-state index in [0.717, 1.165) is 56.6 Å². The van der Waals surface area contributed by atoms with E-state index in [9.17, 15) is 0 Å². The molecule has 0 bridgehead atoms. The number of ether oxygens (including phenoxy) is 4. The average Bonchev–Trinajstić information content (AvgIpc) is 3.12. The number of aliphatic imine (C=N–C) groups is 2. The summed E-state index contributed by atoms with van der Waals surface area (Å²) in [7, 11) is 3.24. The van der Waals surface area contributed by atoms with Crippen LogP contribution in [0.3, 0.4) is 0 Å². The fourth-order valence-electron chi connectivity index (χ4n) is 4.73. The molecule has 6 aromatic carbocycles. The normalized spacial score (nSPS) is 11.5. The molecule has 0 atom stereocenters. The van der Waals surface area contributed by atoms with Gasteiger partial charge in [-0.3, -0.25) is 0 Å². The van der Waals surface area contributed by atoms with E-state index in [1.165, 1.54) is 0 Å². The molecule has 0 saturated carbocycles. The molecule has 0 N–H and O–H groups in total. The van der Waals surface area contributed by atoms with Crippen molar-refractivity contribution in [3.05, 3.63) is 169 Å². The molecule has 0 spiro atoms. The molecule has 226 valence electrons. The molecule has 0 fully saturated rings. The monoisotopic (exact) mass is 604 g/mol. The Morgan fingerprint density at radius 2 is 0.674 bits per heavy atom. The second-order valence-electron chi connectivity index (χ2n) is 10.2. The zero-order valence-electron chi connectivity index (χ0n) is 25.5. The maximum absolute atomic E-state index is 6.07. The first-order valence-electron chi connectivity index (χ1n) is 14.8. The largest absolute Gasteiger partial charge is 0.481 e. The average molecular weight is 605 g/mol. The van der Waals surface area contributed by atoms with Crippen molar-refractivity contribution in [2.45, 2.75) is 0 Å².